The van der Waals surface area contributed by atoms with Gasteiger partial charge in [-0.15, -0.1) is 0 Å². The SMILES string of the molecule is C1=c2cnccc2=C2NNCCC2C1. The van der Waals surface area contributed by atoms with Gasteiger partial charge in [-0.1, -0.05) is 6.08 Å². The van der Waals surface area contributed by atoms with Crippen LogP contribution < -0.4 is 21.3 Å². The van der Waals surface area contributed by atoms with E-state index in [1.165, 1.54) is 22.6 Å². The van der Waals surface area contributed by atoms with Crippen LogP contribution in [0.2, 0.25) is 0 Å². The van der Waals surface area contributed by atoms with Crippen molar-refractivity contribution >= 4 is 11.8 Å². The van der Waals surface area contributed by atoms with E-state index < -0.39 is 0 Å². The lowest BCUT2D eigenvalue weighted by Crippen LogP contribution is -2.47. The van der Waals surface area contributed by atoms with Gasteiger partial charge >= 0.3 is 0 Å². The van der Waals surface area contributed by atoms with Gasteiger partial charge in [0.2, 0.25) is 0 Å². The molecule has 1 aromatic heterocycles. The summed E-state index contributed by atoms with van der Waals surface area (Å²) in [7, 11) is 0. The average molecular weight is 187 g/mol. The molecule has 0 amide bonds. The third-order valence-corrected chi connectivity index (χ3v) is 3.01. The highest BCUT2D eigenvalue weighted by atomic mass is 15.4. The van der Waals surface area contributed by atoms with E-state index in [0.29, 0.717) is 5.92 Å². The first-order chi connectivity index (χ1) is 6.95. The van der Waals surface area contributed by atoms with Crippen molar-refractivity contribution < 1.29 is 0 Å². The Morgan fingerprint density at radius 3 is 3.43 bits per heavy atom. The van der Waals surface area contributed by atoms with Crippen LogP contribution in [0.3, 0.4) is 0 Å². The predicted molar refractivity (Wildman–Crippen MR) is 55.2 cm³/mol. The quantitative estimate of drug-likeness (QED) is 0.574. The van der Waals surface area contributed by atoms with Crippen molar-refractivity contribution in [1.29, 1.82) is 0 Å². The topological polar surface area (TPSA) is 37.0 Å². The molecule has 2 aliphatic rings. The first-order valence-corrected chi connectivity index (χ1v) is 5.08. The van der Waals surface area contributed by atoms with Crippen LogP contribution in [0.15, 0.2) is 18.5 Å². The Morgan fingerprint density at radius 1 is 1.43 bits per heavy atom. The highest BCUT2D eigenvalue weighted by Gasteiger charge is 2.20. The molecule has 2 N–H and O–H groups in total. The lowest BCUT2D eigenvalue weighted by Gasteiger charge is -2.28. The third-order valence-electron chi connectivity index (χ3n) is 3.01. The summed E-state index contributed by atoms with van der Waals surface area (Å²) in [4.78, 5) is 4.14. The number of nitrogens with one attached hydrogen (secondary N) is 2. The minimum Gasteiger partial charge on any atom is -0.325 e. The first-order valence-electron chi connectivity index (χ1n) is 5.08. The van der Waals surface area contributed by atoms with Gasteiger partial charge in [0, 0.05) is 35.8 Å². The van der Waals surface area contributed by atoms with Crippen molar-refractivity contribution in [3.05, 3.63) is 28.9 Å². The average Bonchev–Trinajstić information content (AvgIpc) is 2.29. The minimum atomic E-state index is 0.672. The predicted octanol–water partition coefficient (Wildman–Crippen LogP) is -0.512. The maximum atomic E-state index is 4.14. The molecule has 0 spiro atoms. The van der Waals surface area contributed by atoms with E-state index in [1.807, 2.05) is 12.4 Å². The molecule has 1 fully saturated rings. The van der Waals surface area contributed by atoms with Crippen LogP contribution in [0.5, 0.6) is 0 Å². The monoisotopic (exact) mass is 187 g/mol. The van der Waals surface area contributed by atoms with Gasteiger partial charge in [0.1, 0.15) is 0 Å². The molecule has 1 unspecified atom stereocenters. The zero-order valence-corrected chi connectivity index (χ0v) is 7.96. The zero-order chi connectivity index (χ0) is 9.38. The molecule has 0 aromatic carbocycles. The summed E-state index contributed by atoms with van der Waals surface area (Å²) in [5.74, 6) is 0.672. The number of aromatic nitrogens is 1. The highest BCUT2D eigenvalue weighted by Crippen LogP contribution is 2.20. The van der Waals surface area contributed by atoms with E-state index in [-0.39, 0.29) is 0 Å². The number of nitrogens with zero attached hydrogens (tertiary/aromatic N) is 1. The maximum absolute atomic E-state index is 4.14. The van der Waals surface area contributed by atoms with Gasteiger partial charge in [-0.25, -0.2) is 5.43 Å². The summed E-state index contributed by atoms with van der Waals surface area (Å²) >= 11 is 0. The van der Waals surface area contributed by atoms with E-state index in [4.69, 9.17) is 0 Å². The normalized spacial score (nSPS) is 24.3. The molecule has 1 saturated heterocycles. The third kappa shape index (κ3) is 1.13. The van der Waals surface area contributed by atoms with Gasteiger partial charge in [-0.2, -0.15) is 0 Å². The van der Waals surface area contributed by atoms with Crippen LogP contribution >= 0.6 is 0 Å². The Hall–Kier alpha value is -1.35. The number of fused-ring (bicyclic) bond motifs is 2. The fraction of sp³-hybridized carbons (Fsp3) is 0.364. The van der Waals surface area contributed by atoms with Crippen molar-refractivity contribution in [1.82, 2.24) is 15.8 Å². The molecular weight excluding hydrogens is 174 g/mol. The molecule has 0 radical (unpaired) electrons. The van der Waals surface area contributed by atoms with Gasteiger partial charge in [0.15, 0.2) is 0 Å². The summed E-state index contributed by atoms with van der Waals surface area (Å²) < 4.78 is 0. The fourth-order valence-corrected chi connectivity index (χ4v) is 2.26. The van der Waals surface area contributed by atoms with Gasteiger partial charge in [0.05, 0.1) is 0 Å². The van der Waals surface area contributed by atoms with E-state index >= 15 is 0 Å². The van der Waals surface area contributed by atoms with Crippen LogP contribution in [0.1, 0.15) is 12.8 Å². The van der Waals surface area contributed by atoms with Gasteiger partial charge in [-0.3, -0.25) is 4.98 Å². The number of pyridine rings is 1. The summed E-state index contributed by atoms with van der Waals surface area (Å²) in [6, 6.07) is 2.09. The molecule has 14 heavy (non-hydrogen) atoms. The Balaban J connectivity index is 2.27. The molecule has 1 atom stereocenters. The first kappa shape index (κ1) is 8.00. The van der Waals surface area contributed by atoms with Crippen LogP contribution in [0, 0.1) is 5.92 Å². The smallest absolute Gasteiger partial charge is 0.0375 e. The lowest BCUT2D eigenvalue weighted by molar-refractivity contribution is 0.456. The van der Waals surface area contributed by atoms with Crippen LogP contribution in [0.25, 0.3) is 11.8 Å². The second-order valence-corrected chi connectivity index (χ2v) is 3.85. The Labute approximate surface area is 82.5 Å². The van der Waals surface area contributed by atoms with Crippen LogP contribution in [-0.2, 0) is 0 Å². The second-order valence-electron chi connectivity index (χ2n) is 3.85. The Bertz CT molecular complexity index is 464. The number of hydrazine groups is 1. The van der Waals surface area contributed by atoms with Crippen molar-refractivity contribution in [2.45, 2.75) is 12.8 Å². The number of hydrogen-bond acceptors (Lipinski definition) is 3. The standard InChI is InChI=1S/C11H13N3/c1-2-9-7-12-5-4-10(9)11-8(1)3-6-13-14-11/h2,4-5,7-8,13-14H,1,3,6H2. The van der Waals surface area contributed by atoms with Gasteiger partial charge < -0.3 is 5.43 Å². The molecule has 72 valence electrons. The molecule has 0 bridgehead atoms. The molecule has 0 saturated carbocycles. The molecule has 1 aromatic rings. The molecule has 3 rings (SSSR count). The van der Waals surface area contributed by atoms with Crippen LogP contribution in [0.4, 0.5) is 0 Å². The van der Waals surface area contributed by atoms with Crippen molar-refractivity contribution in [2.24, 2.45) is 5.92 Å². The largest absolute Gasteiger partial charge is 0.325 e. The summed E-state index contributed by atoms with van der Waals surface area (Å²) in [6.07, 6.45) is 8.46. The van der Waals surface area contributed by atoms with E-state index in [2.05, 4.69) is 28.0 Å². The summed E-state index contributed by atoms with van der Waals surface area (Å²) in [5.41, 5.74) is 7.84. The van der Waals surface area contributed by atoms with E-state index in [0.717, 1.165) is 13.0 Å². The lowest BCUT2D eigenvalue weighted by atomic mass is 9.90. The van der Waals surface area contributed by atoms with Crippen molar-refractivity contribution in [3.8, 4) is 0 Å². The maximum Gasteiger partial charge on any atom is 0.0375 e. The second kappa shape index (κ2) is 3.10. The van der Waals surface area contributed by atoms with Gasteiger partial charge in [-0.05, 0) is 24.1 Å². The molecule has 1 aliphatic heterocycles. The van der Waals surface area contributed by atoms with Crippen molar-refractivity contribution in [3.63, 3.8) is 0 Å². The Morgan fingerprint density at radius 2 is 2.43 bits per heavy atom. The fourth-order valence-electron chi connectivity index (χ4n) is 2.26. The molecule has 3 nitrogen and oxygen atoms in total. The molecule has 2 heterocycles. The van der Waals surface area contributed by atoms with Crippen molar-refractivity contribution in [2.75, 3.05) is 6.54 Å². The summed E-state index contributed by atoms with van der Waals surface area (Å²) in [6.45, 7) is 1.06. The minimum absolute atomic E-state index is 0.672. The molecule has 1 aliphatic carbocycles. The Kier molecular flexibility index (Phi) is 1.77. The van der Waals surface area contributed by atoms with E-state index in [9.17, 15) is 0 Å². The van der Waals surface area contributed by atoms with E-state index in [1.54, 1.807) is 0 Å². The van der Waals surface area contributed by atoms with Gasteiger partial charge in [0.25, 0.3) is 0 Å². The number of rotatable bonds is 0. The molecule has 3 heteroatoms. The number of hydrogen-bond donors (Lipinski definition) is 2. The highest BCUT2D eigenvalue weighted by molar-refractivity contribution is 5.52. The molecular formula is C11H13N3. The zero-order valence-electron chi connectivity index (χ0n) is 7.96. The summed E-state index contributed by atoms with van der Waals surface area (Å²) in [5, 5.41) is 2.57. The van der Waals surface area contributed by atoms with Crippen LogP contribution in [-0.4, -0.2) is 11.5 Å².